The van der Waals surface area contributed by atoms with Crippen LogP contribution in [0.5, 0.6) is 11.5 Å². The molecule has 1 spiro atoms. The van der Waals surface area contributed by atoms with Crippen LogP contribution in [-0.2, 0) is 14.3 Å². The lowest BCUT2D eigenvalue weighted by molar-refractivity contribution is -0.114. The maximum atomic E-state index is 12.0. The van der Waals surface area contributed by atoms with Crippen molar-refractivity contribution in [2.75, 3.05) is 14.2 Å². The van der Waals surface area contributed by atoms with Crippen LogP contribution in [0, 0.1) is 11.3 Å². The number of carbonyl (C=O) groups is 1. The molecule has 0 saturated carbocycles. The van der Waals surface area contributed by atoms with Crippen molar-refractivity contribution in [1.29, 1.82) is 0 Å². The van der Waals surface area contributed by atoms with E-state index in [1.807, 2.05) is 31.2 Å². The van der Waals surface area contributed by atoms with Crippen molar-refractivity contribution in [3.8, 4) is 11.5 Å². The Bertz CT molecular complexity index is 736. The van der Waals surface area contributed by atoms with Crippen LogP contribution in [0.15, 0.2) is 42.2 Å². The number of carbonyl (C=O) groups excluding carboxylic acids is 1. The number of ether oxygens (including phenoxy) is 3. The van der Waals surface area contributed by atoms with Gasteiger partial charge < -0.3 is 19.3 Å². The van der Waals surface area contributed by atoms with Crippen molar-refractivity contribution in [3.63, 3.8) is 0 Å². The molecule has 0 unspecified atom stereocenters. The van der Waals surface area contributed by atoms with Gasteiger partial charge in [0.1, 0.15) is 0 Å². The Balaban J connectivity index is 2.04. The number of methoxy groups -OCH3 is 2. The second kappa shape index (κ2) is 6.56. The molecule has 134 valence electrons. The number of phenols is 1. The third-order valence-corrected chi connectivity index (χ3v) is 5.40. The van der Waals surface area contributed by atoms with Gasteiger partial charge in [-0.05, 0) is 43.2 Å². The number of hydrogen-bond donors (Lipinski definition) is 1. The number of hydrogen-bond acceptors (Lipinski definition) is 5. The molecule has 1 fully saturated rings. The minimum absolute atomic E-state index is 0.102. The van der Waals surface area contributed by atoms with Crippen molar-refractivity contribution < 1.29 is 24.1 Å². The highest BCUT2D eigenvalue weighted by Gasteiger charge is 2.53. The maximum absolute atomic E-state index is 12.0. The van der Waals surface area contributed by atoms with E-state index in [0.717, 1.165) is 12.0 Å². The predicted octanol–water partition coefficient (Wildman–Crippen LogP) is 3.54. The number of ketones is 1. The van der Waals surface area contributed by atoms with Crippen molar-refractivity contribution in [2.24, 2.45) is 11.3 Å². The molecular formula is C20H24O5. The second-order valence-corrected chi connectivity index (χ2v) is 6.56. The van der Waals surface area contributed by atoms with E-state index in [0.29, 0.717) is 11.5 Å². The number of rotatable bonds is 4. The average molecular weight is 344 g/mol. The van der Waals surface area contributed by atoms with Crippen molar-refractivity contribution in [2.45, 2.75) is 32.5 Å². The molecule has 1 heterocycles. The van der Waals surface area contributed by atoms with Gasteiger partial charge in [-0.15, -0.1) is 0 Å². The van der Waals surface area contributed by atoms with Gasteiger partial charge >= 0.3 is 0 Å². The van der Waals surface area contributed by atoms with Crippen LogP contribution >= 0.6 is 0 Å². The Labute approximate surface area is 147 Å². The van der Waals surface area contributed by atoms with Crippen molar-refractivity contribution in [3.05, 3.63) is 47.7 Å². The van der Waals surface area contributed by atoms with E-state index < -0.39 is 5.41 Å². The third-order valence-electron chi connectivity index (χ3n) is 5.40. The summed E-state index contributed by atoms with van der Waals surface area (Å²) in [5.74, 6) is 0.897. The van der Waals surface area contributed by atoms with Gasteiger partial charge in [0.2, 0.25) is 5.78 Å². The summed E-state index contributed by atoms with van der Waals surface area (Å²) in [6, 6.07) is 5.29. The molecule has 5 nitrogen and oxygen atoms in total. The van der Waals surface area contributed by atoms with Gasteiger partial charge in [-0.2, -0.15) is 0 Å². The van der Waals surface area contributed by atoms with Crippen LogP contribution < -0.4 is 4.74 Å². The maximum Gasteiger partial charge on any atom is 0.219 e. The Morgan fingerprint density at radius 3 is 2.68 bits per heavy atom. The summed E-state index contributed by atoms with van der Waals surface area (Å²) in [6.45, 7) is 4.13. The van der Waals surface area contributed by atoms with Crippen LogP contribution in [0.1, 0.15) is 31.9 Å². The van der Waals surface area contributed by atoms with E-state index in [1.54, 1.807) is 12.1 Å². The molecule has 0 aromatic heterocycles. The molecule has 2 aliphatic rings. The van der Waals surface area contributed by atoms with E-state index in [4.69, 9.17) is 14.2 Å². The summed E-state index contributed by atoms with van der Waals surface area (Å²) in [7, 11) is 3.04. The molecule has 0 amide bonds. The van der Waals surface area contributed by atoms with E-state index in [-0.39, 0.29) is 29.7 Å². The zero-order valence-electron chi connectivity index (χ0n) is 15.0. The van der Waals surface area contributed by atoms with Crippen LogP contribution in [0.4, 0.5) is 0 Å². The third kappa shape index (κ3) is 2.72. The lowest BCUT2D eigenvalue weighted by Crippen LogP contribution is -2.34. The SMILES string of the molecule is CC[C@H]1[C@H](c2ccc(O)c(OC)c2)O[C@@H](C)[C@]12C=CC(=O)C(OC)=C2. The number of phenolic OH excluding ortho intramolecular Hbond substituents is 1. The van der Waals surface area contributed by atoms with Crippen molar-refractivity contribution in [1.82, 2.24) is 0 Å². The number of allylic oxidation sites excluding steroid dienone is 1. The normalized spacial score (nSPS) is 31.3. The zero-order chi connectivity index (χ0) is 18.2. The topological polar surface area (TPSA) is 65.0 Å². The van der Waals surface area contributed by atoms with Crippen molar-refractivity contribution >= 4 is 5.78 Å². The van der Waals surface area contributed by atoms with Gasteiger partial charge in [0.05, 0.1) is 26.4 Å². The number of aromatic hydroxyl groups is 1. The first-order valence-corrected chi connectivity index (χ1v) is 8.49. The highest BCUT2D eigenvalue weighted by Crippen LogP contribution is 2.55. The summed E-state index contributed by atoms with van der Waals surface area (Å²) < 4.78 is 16.8. The quantitative estimate of drug-likeness (QED) is 0.905. The largest absolute Gasteiger partial charge is 0.504 e. The number of benzene rings is 1. The van der Waals surface area contributed by atoms with Crippen LogP contribution in [-0.4, -0.2) is 31.2 Å². The smallest absolute Gasteiger partial charge is 0.219 e. The molecule has 1 aliphatic carbocycles. The molecule has 0 radical (unpaired) electrons. The van der Waals surface area contributed by atoms with Crippen LogP contribution in [0.2, 0.25) is 0 Å². The summed E-state index contributed by atoms with van der Waals surface area (Å²) >= 11 is 0. The molecule has 1 N–H and O–H groups in total. The fraction of sp³-hybridized carbons (Fsp3) is 0.450. The monoisotopic (exact) mass is 344 g/mol. The molecule has 1 aromatic carbocycles. The van der Waals surface area contributed by atoms with E-state index in [2.05, 4.69) is 6.92 Å². The summed E-state index contributed by atoms with van der Waals surface area (Å²) in [6.07, 6.45) is 6.03. The molecule has 1 aliphatic heterocycles. The Morgan fingerprint density at radius 1 is 1.28 bits per heavy atom. The van der Waals surface area contributed by atoms with Gasteiger partial charge in [-0.3, -0.25) is 4.79 Å². The Kier molecular flexibility index (Phi) is 4.60. The molecule has 3 rings (SSSR count). The first kappa shape index (κ1) is 17.5. The minimum Gasteiger partial charge on any atom is -0.504 e. The standard InChI is InChI=1S/C20H24O5/c1-5-14-19(13-6-7-15(21)17(10-13)23-3)25-12(2)20(14)9-8-16(22)18(11-20)24-4/h6-12,14,19,21H,5H2,1-4H3/t12-,14-,19-,20+/m0/s1. The van der Waals surface area contributed by atoms with Gasteiger partial charge in [0.25, 0.3) is 0 Å². The summed E-state index contributed by atoms with van der Waals surface area (Å²) in [5.41, 5.74) is 0.548. The highest BCUT2D eigenvalue weighted by molar-refractivity contribution is 6.03. The van der Waals surface area contributed by atoms with E-state index in [9.17, 15) is 9.90 Å². The first-order valence-electron chi connectivity index (χ1n) is 8.49. The average Bonchev–Trinajstić information content (AvgIpc) is 2.89. The van der Waals surface area contributed by atoms with Crippen LogP contribution in [0.3, 0.4) is 0 Å². The molecule has 25 heavy (non-hydrogen) atoms. The first-order chi connectivity index (χ1) is 12.0. The predicted molar refractivity (Wildman–Crippen MR) is 93.4 cm³/mol. The zero-order valence-corrected chi connectivity index (χ0v) is 15.0. The summed E-state index contributed by atoms with van der Waals surface area (Å²) in [5, 5.41) is 9.85. The van der Waals surface area contributed by atoms with Gasteiger partial charge in [-0.1, -0.05) is 19.1 Å². The Hall–Kier alpha value is -2.27. The summed E-state index contributed by atoms with van der Waals surface area (Å²) in [4.78, 5) is 12.0. The van der Waals surface area contributed by atoms with E-state index >= 15 is 0 Å². The fourth-order valence-electron chi connectivity index (χ4n) is 4.04. The second-order valence-electron chi connectivity index (χ2n) is 6.56. The Morgan fingerprint density at radius 2 is 2.04 bits per heavy atom. The molecule has 4 atom stereocenters. The lowest BCUT2D eigenvalue weighted by Gasteiger charge is -2.34. The molecular weight excluding hydrogens is 320 g/mol. The molecule has 1 saturated heterocycles. The van der Waals surface area contributed by atoms with Crippen LogP contribution in [0.25, 0.3) is 0 Å². The molecule has 0 bridgehead atoms. The minimum atomic E-state index is -0.399. The fourth-order valence-corrected chi connectivity index (χ4v) is 4.04. The lowest BCUT2D eigenvalue weighted by atomic mass is 9.67. The highest BCUT2D eigenvalue weighted by atomic mass is 16.5. The van der Waals surface area contributed by atoms with Gasteiger partial charge in [0.15, 0.2) is 17.3 Å². The molecule has 5 heteroatoms. The van der Waals surface area contributed by atoms with Gasteiger partial charge in [-0.25, -0.2) is 0 Å². The van der Waals surface area contributed by atoms with E-state index in [1.165, 1.54) is 14.2 Å². The van der Waals surface area contributed by atoms with Gasteiger partial charge in [0, 0.05) is 11.3 Å². The molecule has 1 aromatic rings.